The van der Waals surface area contributed by atoms with E-state index in [-0.39, 0.29) is 11.8 Å². The Morgan fingerprint density at radius 1 is 1.16 bits per heavy atom. The van der Waals surface area contributed by atoms with E-state index >= 15 is 0 Å². The Morgan fingerprint density at radius 2 is 2.00 bits per heavy atom. The number of amides is 1. The van der Waals surface area contributed by atoms with Crippen LogP contribution in [0.25, 0.3) is 5.69 Å². The molecular formula is C18H20N6O. The summed E-state index contributed by atoms with van der Waals surface area (Å²) >= 11 is 0. The summed E-state index contributed by atoms with van der Waals surface area (Å²) < 4.78 is 1.81. The van der Waals surface area contributed by atoms with Crippen molar-refractivity contribution in [2.45, 2.75) is 18.8 Å². The maximum Gasteiger partial charge on any atom is 0.276 e. The molecule has 0 bridgehead atoms. The zero-order chi connectivity index (χ0) is 17.2. The molecule has 1 fully saturated rings. The van der Waals surface area contributed by atoms with Crippen LogP contribution in [0.4, 0.5) is 0 Å². The predicted molar refractivity (Wildman–Crippen MR) is 92.4 cm³/mol. The number of aromatic nitrogens is 5. The van der Waals surface area contributed by atoms with E-state index in [1.54, 1.807) is 6.20 Å². The Morgan fingerprint density at radius 3 is 2.76 bits per heavy atom. The third-order valence-electron chi connectivity index (χ3n) is 4.56. The third-order valence-corrected chi connectivity index (χ3v) is 4.56. The molecule has 0 spiro atoms. The van der Waals surface area contributed by atoms with Crippen LogP contribution in [0.2, 0.25) is 0 Å². The summed E-state index contributed by atoms with van der Waals surface area (Å²) in [6, 6.07) is 11.6. The topological polar surface area (TPSA) is 68.8 Å². The molecule has 1 atom stereocenters. The largest absolute Gasteiger partial charge is 0.337 e. The predicted octanol–water partition coefficient (Wildman–Crippen LogP) is 2.02. The molecule has 7 nitrogen and oxygen atoms in total. The van der Waals surface area contributed by atoms with Gasteiger partial charge in [0.15, 0.2) is 5.69 Å². The van der Waals surface area contributed by atoms with Gasteiger partial charge >= 0.3 is 0 Å². The molecule has 0 saturated carbocycles. The van der Waals surface area contributed by atoms with Gasteiger partial charge in [0.05, 0.1) is 17.6 Å². The lowest BCUT2D eigenvalue weighted by Crippen LogP contribution is -2.39. The van der Waals surface area contributed by atoms with E-state index in [0.29, 0.717) is 12.2 Å². The van der Waals surface area contributed by atoms with Gasteiger partial charge in [-0.3, -0.25) is 9.48 Å². The first-order valence-electron chi connectivity index (χ1n) is 8.47. The van der Waals surface area contributed by atoms with Crippen LogP contribution in [0.3, 0.4) is 0 Å². The summed E-state index contributed by atoms with van der Waals surface area (Å²) in [5, 5.41) is 13.1. The van der Waals surface area contributed by atoms with Crippen molar-refractivity contribution in [1.29, 1.82) is 0 Å². The van der Waals surface area contributed by atoms with Crippen LogP contribution in [0, 0.1) is 0 Å². The van der Waals surface area contributed by atoms with Gasteiger partial charge in [-0.15, -0.1) is 5.10 Å². The molecule has 4 rings (SSSR count). The van der Waals surface area contributed by atoms with Crippen molar-refractivity contribution in [3.8, 4) is 5.69 Å². The summed E-state index contributed by atoms with van der Waals surface area (Å²) in [5.74, 6) is 0.214. The van der Waals surface area contributed by atoms with Gasteiger partial charge in [0.25, 0.3) is 5.91 Å². The van der Waals surface area contributed by atoms with Gasteiger partial charge in [-0.2, -0.15) is 15.0 Å². The highest BCUT2D eigenvalue weighted by atomic mass is 16.2. The Bertz CT molecular complexity index is 869. The van der Waals surface area contributed by atoms with Crippen molar-refractivity contribution in [1.82, 2.24) is 29.7 Å². The molecule has 25 heavy (non-hydrogen) atoms. The molecule has 1 amide bonds. The highest BCUT2D eigenvalue weighted by Gasteiger charge is 2.28. The Kier molecular flexibility index (Phi) is 4.05. The standard InChI is InChI=1S/C18H20N6O/c1-22-11-9-16(20-22)14-6-5-10-23(13-14)18(25)17-12-19-24(21-17)15-7-3-2-4-8-15/h2-4,7-9,11-12,14H,5-6,10,13H2,1H3. The highest BCUT2D eigenvalue weighted by Crippen LogP contribution is 2.26. The average Bonchev–Trinajstić information content (AvgIpc) is 3.31. The van der Waals surface area contributed by atoms with Crippen molar-refractivity contribution < 1.29 is 4.79 Å². The quantitative estimate of drug-likeness (QED) is 0.734. The minimum Gasteiger partial charge on any atom is -0.337 e. The molecule has 3 aromatic rings. The molecule has 1 aliphatic heterocycles. The van der Waals surface area contributed by atoms with E-state index in [1.165, 1.54) is 4.80 Å². The summed E-state index contributed by atoms with van der Waals surface area (Å²) in [6.45, 7) is 1.43. The lowest BCUT2D eigenvalue weighted by atomic mass is 9.95. The van der Waals surface area contributed by atoms with Gasteiger partial charge < -0.3 is 4.90 Å². The molecule has 2 aromatic heterocycles. The number of hydrogen-bond acceptors (Lipinski definition) is 4. The van der Waals surface area contributed by atoms with Crippen molar-refractivity contribution in [2.24, 2.45) is 7.05 Å². The summed E-state index contributed by atoms with van der Waals surface area (Å²) in [4.78, 5) is 16.2. The average molecular weight is 336 g/mol. The molecule has 1 aromatic carbocycles. The Hall–Kier alpha value is -2.96. The second-order valence-electron chi connectivity index (χ2n) is 6.36. The molecule has 7 heteroatoms. The number of carbonyl (C=O) groups excluding carboxylic acids is 1. The van der Waals surface area contributed by atoms with Crippen molar-refractivity contribution in [2.75, 3.05) is 13.1 Å². The van der Waals surface area contributed by atoms with Crippen LogP contribution in [-0.4, -0.2) is 48.7 Å². The number of para-hydroxylation sites is 1. The van der Waals surface area contributed by atoms with E-state index in [2.05, 4.69) is 15.3 Å². The molecule has 0 aliphatic carbocycles. The molecule has 128 valence electrons. The van der Waals surface area contributed by atoms with Gasteiger partial charge in [-0.05, 0) is 31.0 Å². The second-order valence-corrected chi connectivity index (χ2v) is 6.36. The SMILES string of the molecule is Cn1ccc(C2CCCN(C(=O)c3cnn(-c4ccccc4)n3)C2)n1. The number of benzene rings is 1. The van der Waals surface area contributed by atoms with Crippen LogP contribution in [0.5, 0.6) is 0 Å². The van der Waals surface area contributed by atoms with Crippen LogP contribution in [0.1, 0.15) is 34.9 Å². The minimum absolute atomic E-state index is 0.0668. The monoisotopic (exact) mass is 336 g/mol. The van der Waals surface area contributed by atoms with Crippen molar-refractivity contribution >= 4 is 5.91 Å². The number of likely N-dealkylation sites (tertiary alicyclic amines) is 1. The molecule has 1 unspecified atom stereocenters. The highest BCUT2D eigenvalue weighted by molar-refractivity contribution is 5.92. The minimum atomic E-state index is -0.0668. The van der Waals surface area contributed by atoms with Gasteiger partial charge in [0.2, 0.25) is 0 Å². The Balaban J connectivity index is 1.50. The summed E-state index contributed by atoms with van der Waals surface area (Å²) in [6.07, 6.45) is 5.51. The summed E-state index contributed by atoms with van der Waals surface area (Å²) in [5.41, 5.74) is 2.27. The number of aryl methyl sites for hydroxylation is 1. The normalized spacial score (nSPS) is 17.6. The summed E-state index contributed by atoms with van der Waals surface area (Å²) in [7, 11) is 1.91. The first kappa shape index (κ1) is 15.6. The van der Waals surface area contributed by atoms with Gasteiger partial charge in [0, 0.05) is 32.3 Å². The zero-order valence-electron chi connectivity index (χ0n) is 14.1. The maximum absolute atomic E-state index is 12.8. The third kappa shape index (κ3) is 3.17. The fourth-order valence-electron chi connectivity index (χ4n) is 3.26. The van der Waals surface area contributed by atoms with E-state index in [0.717, 1.165) is 30.8 Å². The lowest BCUT2D eigenvalue weighted by molar-refractivity contribution is 0.0699. The molecule has 0 radical (unpaired) electrons. The van der Waals surface area contributed by atoms with Crippen molar-refractivity contribution in [3.05, 3.63) is 60.2 Å². The fourth-order valence-corrected chi connectivity index (χ4v) is 3.26. The number of rotatable bonds is 3. The van der Waals surface area contributed by atoms with Crippen LogP contribution < -0.4 is 0 Å². The van der Waals surface area contributed by atoms with E-state index in [1.807, 2.05) is 59.2 Å². The van der Waals surface area contributed by atoms with Crippen LogP contribution in [-0.2, 0) is 7.05 Å². The molecular weight excluding hydrogens is 316 g/mol. The number of hydrogen-bond donors (Lipinski definition) is 0. The maximum atomic E-state index is 12.8. The molecule has 3 heterocycles. The van der Waals surface area contributed by atoms with Gasteiger partial charge in [-0.25, -0.2) is 0 Å². The first-order chi connectivity index (χ1) is 12.2. The smallest absolute Gasteiger partial charge is 0.276 e. The van der Waals surface area contributed by atoms with Gasteiger partial charge in [0.1, 0.15) is 0 Å². The number of carbonyl (C=O) groups is 1. The molecule has 1 aliphatic rings. The Labute approximate surface area is 145 Å². The number of piperidine rings is 1. The second kappa shape index (κ2) is 6.51. The molecule has 1 saturated heterocycles. The van der Waals surface area contributed by atoms with Gasteiger partial charge in [-0.1, -0.05) is 18.2 Å². The lowest BCUT2D eigenvalue weighted by Gasteiger charge is -2.31. The fraction of sp³-hybridized carbons (Fsp3) is 0.333. The van der Waals surface area contributed by atoms with Crippen LogP contribution >= 0.6 is 0 Å². The molecule has 0 N–H and O–H groups in total. The zero-order valence-corrected chi connectivity index (χ0v) is 14.1. The van der Waals surface area contributed by atoms with Crippen LogP contribution in [0.15, 0.2) is 48.8 Å². The van der Waals surface area contributed by atoms with Crippen molar-refractivity contribution in [3.63, 3.8) is 0 Å². The van der Waals surface area contributed by atoms with E-state index < -0.39 is 0 Å². The first-order valence-corrected chi connectivity index (χ1v) is 8.47. The number of nitrogens with zero attached hydrogens (tertiary/aromatic N) is 6. The van der Waals surface area contributed by atoms with E-state index in [4.69, 9.17) is 0 Å². The van der Waals surface area contributed by atoms with E-state index in [9.17, 15) is 4.79 Å².